The fourth-order valence-electron chi connectivity index (χ4n) is 0.249. The number of hydrogen-bond donors (Lipinski definition) is 0. The van der Waals surface area contributed by atoms with Gasteiger partial charge in [0.25, 0.3) is 0 Å². The normalized spacial score (nSPS) is 12.4. The van der Waals surface area contributed by atoms with Crippen molar-refractivity contribution in [1.82, 2.24) is 0 Å². The lowest BCUT2D eigenvalue weighted by molar-refractivity contribution is 0.211. The Morgan fingerprint density at radius 3 is 2.12 bits per heavy atom. The largest absolute Gasteiger partial charge is 0.399 e. The molecule has 0 bridgehead atoms. The topological polar surface area (TPSA) is 21.6 Å². The van der Waals surface area contributed by atoms with Crippen LogP contribution in [0.3, 0.4) is 0 Å². The Hall–Kier alpha value is -0.530. The molecule has 0 amide bonds. The zero-order valence-corrected chi connectivity index (χ0v) is 5.93. The highest BCUT2D eigenvalue weighted by Crippen LogP contribution is 1.94. The number of nitrogens with zero attached hydrogens (tertiary/aromatic N) is 1. The second-order valence-corrected chi connectivity index (χ2v) is 2.07. The van der Waals surface area contributed by atoms with Crippen LogP contribution in [0.5, 0.6) is 0 Å². The summed E-state index contributed by atoms with van der Waals surface area (Å²) in [7, 11) is 1.56. The first-order valence-electron chi connectivity index (χ1n) is 2.76. The van der Waals surface area contributed by atoms with Crippen LogP contribution in [0.25, 0.3) is 0 Å². The fourth-order valence-corrected chi connectivity index (χ4v) is 0.249. The monoisotopic (exact) mass is 115 g/mol. The van der Waals surface area contributed by atoms with Crippen molar-refractivity contribution in [2.45, 2.75) is 20.8 Å². The Kier molecular flexibility index (Phi) is 3.24. The smallest absolute Gasteiger partial charge is 0.106 e. The number of rotatable bonds is 2. The van der Waals surface area contributed by atoms with Crippen molar-refractivity contribution >= 4 is 5.71 Å². The maximum Gasteiger partial charge on any atom is 0.106 e. The molecule has 0 atom stereocenters. The van der Waals surface area contributed by atoms with E-state index >= 15 is 0 Å². The molecule has 0 spiro atoms. The van der Waals surface area contributed by atoms with Crippen LogP contribution in [-0.2, 0) is 4.84 Å². The van der Waals surface area contributed by atoms with Crippen LogP contribution in [0.2, 0.25) is 0 Å². The molecular weight excluding hydrogens is 102 g/mol. The summed E-state index contributed by atoms with van der Waals surface area (Å²) < 4.78 is 0. The Balaban J connectivity index is 3.61. The minimum atomic E-state index is 0.495. The molecule has 0 aliphatic heterocycles. The highest BCUT2D eigenvalue weighted by atomic mass is 16.6. The van der Waals surface area contributed by atoms with Crippen LogP contribution < -0.4 is 0 Å². The van der Waals surface area contributed by atoms with E-state index < -0.39 is 0 Å². The van der Waals surface area contributed by atoms with E-state index in [1.54, 1.807) is 7.11 Å². The molecule has 0 N–H and O–H groups in total. The molecule has 0 unspecified atom stereocenters. The van der Waals surface area contributed by atoms with Gasteiger partial charge in [-0.15, -0.1) is 0 Å². The third kappa shape index (κ3) is 2.61. The number of oxime groups is 1. The second kappa shape index (κ2) is 3.47. The molecular formula is C6H13NO. The summed E-state index contributed by atoms with van der Waals surface area (Å²) in [6, 6.07) is 0. The van der Waals surface area contributed by atoms with Crippen molar-refractivity contribution in [1.29, 1.82) is 0 Å². The maximum absolute atomic E-state index is 4.55. The Labute approximate surface area is 50.5 Å². The quantitative estimate of drug-likeness (QED) is 0.396. The van der Waals surface area contributed by atoms with E-state index in [1.807, 2.05) is 6.92 Å². The predicted octanol–water partition coefficient (Wildman–Crippen LogP) is 1.66. The summed E-state index contributed by atoms with van der Waals surface area (Å²) in [6.45, 7) is 6.11. The molecule has 2 heteroatoms. The third-order valence-corrected chi connectivity index (χ3v) is 1.07. The SMILES string of the molecule is CON=C(C)C(C)C. The van der Waals surface area contributed by atoms with Crippen LogP contribution in [0.15, 0.2) is 5.16 Å². The van der Waals surface area contributed by atoms with Gasteiger partial charge in [-0.1, -0.05) is 19.0 Å². The molecule has 0 aromatic carbocycles. The van der Waals surface area contributed by atoms with Crippen LogP contribution in [-0.4, -0.2) is 12.8 Å². The van der Waals surface area contributed by atoms with Crippen LogP contribution >= 0.6 is 0 Å². The van der Waals surface area contributed by atoms with Crippen LogP contribution in [0.4, 0.5) is 0 Å². The Morgan fingerprint density at radius 2 is 2.00 bits per heavy atom. The van der Waals surface area contributed by atoms with Gasteiger partial charge in [-0.25, -0.2) is 0 Å². The molecule has 0 radical (unpaired) electrons. The van der Waals surface area contributed by atoms with Gasteiger partial charge in [-0.2, -0.15) is 0 Å². The molecule has 0 aromatic heterocycles. The first-order chi connectivity index (χ1) is 3.68. The molecule has 0 aliphatic carbocycles. The van der Waals surface area contributed by atoms with Gasteiger partial charge in [0, 0.05) is 0 Å². The molecule has 0 aromatic rings. The molecule has 8 heavy (non-hydrogen) atoms. The highest BCUT2D eigenvalue weighted by Gasteiger charge is 1.95. The third-order valence-electron chi connectivity index (χ3n) is 1.07. The first-order valence-corrected chi connectivity index (χ1v) is 2.76. The van der Waals surface area contributed by atoms with Crippen molar-refractivity contribution < 1.29 is 4.84 Å². The first kappa shape index (κ1) is 7.47. The van der Waals surface area contributed by atoms with E-state index in [2.05, 4.69) is 23.8 Å². The lowest BCUT2D eigenvalue weighted by Gasteiger charge is -1.99. The van der Waals surface area contributed by atoms with Gasteiger partial charge in [0.1, 0.15) is 7.11 Å². The van der Waals surface area contributed by atoms with Crippen molar-refractivity contribution in [3.05, 3.63) is 0 Å². The zero-order valence-electron chi connectivity index (χ0n) is 5.93. The van der Waals surface area contributed by atoms with Crippen molar-refractivity contribution in [3.63, 3.8) is 0 Å². The van der Waals surface area contributed by atoms with E-state index in [9.17, 15) is 0 Å². The minimum Gasteiger partial charge on any atom is -0.399 e. The number of hydrogen-bond acceptors (Lipinski definition) is 2. The fraction of sp³-hybridized carbons (Fsp3) is 0.833. The molecule has 0 saturated carbocycles. The average Bonchev–Trinajstić information content (AvgIpc) is 1.67. The summed E-state index contributed by atoms with van der Waals surface area (Å²) >= 11 is 0. The summed E-state index contributed by atoms with van der Waals surface area (Å²) in [5.41, 5.74) is 1.03. The van der Waals surface area contributed by atoms with Gasteiger partial charge in [-0.3, -0.25) is 0 Å². The molecule has 0 saturated heterocycles. The van der Waals surface area contributed by atoms with Crippen molar-refractivity contribution in [2.24, 2.45) is 11.1 Å². The predicted molar refractivity (Wildman–Crippen MR) is 35.0 cm³/mol. The van der Waals surface area contributed by atoms with Gasteiger partial charge in [0.15, 0.2) is 0 Å². The van der Waals surface area contributed by atoms with E-state index in [0.29, 0.717) is 5.92 Å². The van der Waals surface area contributed by atoms with E-state index in [0.717, 1.165) is 5.71 Å². The molecule has 0 heterocycles. The molecule has 48 valence electrons. The molecule has 2 nitrogen and oxygen atoms in total. The van der Waals surface area contributed by atoms with E-state index in [4.69, 9.17) is 0 Å². The lowest BCUT2D eigenvalue weighted by atomic mass is 10.1. The van der Waals surface area contributed by atoms with E-state index in [1.165, 1.54) is 0 Å². The van der Waals surface area contributed by atoms with Crippen LogP contribution in [0, 0.1) is 5.92 Å². The van der Waals surface area contributed by atoms with Gasteiger partial charge in [0.05, 0.1) is 5.71 Å². The second-order valence-electron chi connectivity index (χ2n) is 2.07. The Bertz CT molecular complexity index is 86.5. The standard InChI is InChI=1S/C6H13NO/c1-5(2)6(3)7-8-4/h5H,1-4H3. The average molecular weight is 115 g/mol. The molecule has 0 fully saturated rings. The summed E-state index contributed by atoms with van der Waals surface area (Å²) in [5.74, 6) is 0.495. The minimum absolute atomic E-state index is 0.495. The highest BCUT2D eigenvalue weighted by molar-refractivity contribution is 5.83. The lowest BCUT2D eigenvalue weighted by Crippen LogP contribution is -2.01. The van der Waals surface area contributed by atoms with Crippen molar-refractivity contribution in [2.75, 3.05) is 7.11 Å². The van der Waals surface area contributed by atoms with Crippen LogP contribution in [0.1, 0.15) is 20.8 Å². The van der Waals surface area contributed by atoms with Crippen molar-refractivity contribution in [3.8, 4) is 0 Å². The summed E-state index contributed by atoms with van der Waals surface area (Å²) in [6.07, 6.45) is 0. The van der Waals surface area contributed by atoms with Gasteiger partial charge in [0.2, 0.25) is 0 Å². The Morgan fingerprint density at radius 1 is 1.50 bits per heavy atom. The summed E-state index contributed by atoms with van der Waals surface area (Å²) in [4.78, 5) is 4.55. The summed E-state index contributed by atoms with van der Waals surface area (Å²) in [5, 5.41) is 3.74. The van der Waals surface area contributed by atoms with Gasteiger partial charge >= 0.3 is 0 Å². The molecule has 0 aliphatic rings. The van der Waals surface area contributed by atoms with E-state index in [-0.39, 0.29) is 0 Å². The molecule has 0 rings (SSSR count). The maximum atomic E-state index is 4.55. The van der Waals surface area contributed by atoms with Gasteiger partial charge in [-0.05, 0) is 12.8 Å². The zero-order chi connectivity index (χ0) is 6.57. The van der Waals surface area contributed by atoms with Gasteiger partial charge < -0.3 is 4.84 Å².